The van der Waals surface area contributed by atoms with Crippen LogP contribution in [0.2, 0.25) is 0 Å². The molecule has 1 aliphatic heterocycles. The third-order valence-corrected chi connectivity index (χ3v) is 4.89. The monoisotopic (exact) mass is 366 g/mol. The molecule has 0 saturated carbocycles. The highest BCUT2D eigenvalue weighted by atomic mass is 16.2. The lowest BCUT2D eigenvalue weighted by Gasteiger charge is -2.25. The van der Waals surface area contributed by atoms with Gasteiger partial charge in [-0.1, -0.05) is 29.8 Å². The molecule has 0 aliphatic carbocycles. The summed E-state index contributed by atoms with van der Waals surface area (Å²) in [6.07, 6.45) is 0. The molecule has 0 N–H and O–H groups in total. The van der Waals surface area contributed by atoms with Crippen molar-refractivity contribution in [2.75, 3.05) is 5.01 Å². The summed E-state index contributed by atoms with van der Waals surface area (Å²) in [6.45, 7) is 7.10. The zero-order valence-corrected chi connectivity index (χ0v) is 15.9. The second kappa shape index (κ2) is 6.22. The molecule has 4 rings (SSSR count). The minimum absolute atomic E-state index is 0.306. The van der Waals surface area contributed by atoms with Crippen molar-refractivity contribution in [1.29, 1.82) is 0 Å². The second-order valence-corrected chi connectivity index (χ2v) is 6.94. The summed E-state index contributed by atoms with van der Waals surface area (Å²) in [6, 6.07) is 8.23. The van der Waals surface area contributed by atoms with Gasteiger partial charge in [-0.3, -0.25) is 18.5 Å². The Bertz CT molecular complexity index is 1180. The van der Waals surface area contributed by atoms with Crippen molar-refractivity contribution in [2.24, 2.45) is 12.1 Å². The van der Waals surface area contributed by atoms with Crippen LogP contribution >= 0.6 is 0 Å². The summed E-state index contributed by atoms with van der Waals surface area (Å²) in [5, 5.41) is 6.43. The van der Waals surface area contributed by atoms with Crippen molar-refractivity contribution in [3.05, 3.63) is 56.2 Å². The molecule has 8 nitrogen and oxygen atoms in total. The maximum atomic E-state index is 12.9. The van der Waals surface area contributed by atoms with Gasteiger partial charge in [-0.25, -0.2) is 9.80 Å². The molecule has 0 amide bonds. The molecular weight excluding hydrogens is 344 g/mol. The standard InChI is InChI=1S/C19H22N6O2/c1-5-23-17(26)15-16(22(4)19(23)27)20-18-24(15)10-13(3)21-25(18)11-14-8-6-12(2)7-9-14/h6-9H,5,10-11H2,1-4H3. The molecule has 0 bridgehead atoms. The number of benzene rings is 1. The predicted molar refractivity (Wildman–Crippen MR) is 105 cm³/mol. The first kappa shape index (κ1) is 17.3. The number of anilines is 1. The van der Waals surface area contributed by atoms with Crippen LogP contribution in [0, 0.1) is 6.92 Å². The summed E-state index contributed by atoms with van der Waals surface area (Å²) in [5.41, 5.74) is 3.34. The molecule has 1 aliphatic rings. The van der Waals surface area contributed by atoms with Crippen LogP contribution in [0.5, 0.6) is 0 Å². The van der Waals surface area contributed by atoms with Crippen molar-refractivity contribution in [3.63, 3.8) is 0 Å². The van der Waals surface area contributed by atoms with Crippen molar-refractivity contribution in [3.8, 4) is 0 Å². The fourth-order valence-electron chi connectivity index (χ4n) is 3.47. The van der Waals surface area contributed by atoms with Crippen molar-refractivity contribution < 1.29 is 0 Å². The third kappa shape index (κ3) is 2.68. The van der Waals surface area contributed by atoms with E-state index in [0.29, 0.717) is 36.7 Å². The largest absolute Gasteiger partial charge is 0.332 e. The van der Waals surface area contributed by atoms with E-state index in [2.05, 4.69) is 34.4 Å². The van der Waals surface area contributed by atoms with Crippen molar-refractivity contribution in [2.45, 2.75) is 40.4 Å². The van der Waals surface area contributed by atoms with Crippen LogP contribution in [0.1, 0.15) is 25.0 Å². The maximum absolute atomic E-state index is 12.9. The van der Waals surface area contributed by atoms with Gasteiger partial charge in [0.05, 0.1) is 18.8 Å². The van der Waals surface area contributed by atoms with Crippen LogP contribution in [0.4, 0.5) is 5.95 Å². The number of rotatable bonds is 3. The van der Waals surface area contributed by atoms with Crippen LogP contribution in [0.25, 0.3) is 11.2 Å². The van der Waals surface area contributed by atoms with Gasteiger partial charge in [0.25, 0.3) is 5.56 Å². The van der Waals surface area contributed by atoms with Gasteiger partial charge >= 0.3 is 5.69 Å². The number of aromatic nitrogens is 4. The van der Waals surface area contributed by atoms with E-state index in [9.17, 15) is 9.59 Å². The van der Waals surface area contributed by atoms with Crippen LogP contribution in [-0.4, -0.2) is 24.4 Å². The SMILES string of the molecule is CCn1c(=O)c2c(nc3n2CC(C)=NN3Cc2ccc(C)cc2)n(C)c1=O. The average molecular weight is 366 g/mol. The summed E-state index contributed by atoms with van der Waals surface area (Å²) in [5.74, 6) is 0.581. The van der Waals surface area contributed by atoms with Gasteiger partial charge in [0.15, 0.2) is 11.2 Å². The van der Waals surface area contributed by atoms with Gasteiger partial charge in [-0.2, -0.15) is 10.1 Å². The summed E-state index contributed by atoms with van der Waals surface area (Å²) >= 11 is 0. The Morgan fingerprint density at radius 2 is 1.81 bits per heavy atom. The quantitative estimate of drug-likeness (QED) is 0.706. The molecule has 0 unspecified atom stereocenters. The van der Waals surface area contributed by atoms with E-state index in [1.54, 1.807) is 19.0 Å². The fourth-order valence-corrected chi connectivity index (χ4v) is 3.47. The van der Waals surface area contributed by atoms with Crippen LogP contribution < -0.4 is 16.3 Å². The number of hydrazone groups is 1. The Hall–Kier alpha value is -3.16. The first-order valence-corrected chi connectivity index (χ1v) is 8.98. The smallest absolute Gasteiger partial charge is 0.297 e. The van der Waals surface area contributed by atoms with Crippen molar-refractivity contribution >= 4 is 22.8 Å². The van der Waals surface area contributed by atoms with E-state index in [0.717, 1.165) is 11.3 Å². The maximum Gasteiger partial charge on any atom is 0.332 e. The van der Waals surface area contributed by atoms with Gasteiger partial charge in [0.1, 0.15) is 0 Å². The van der Waals surface area contributed by atoms with Gasteiger partial charge in [0.2, 0.25) is 5.95 Å². The van der Waals surface area contributed by atoms with Crippen LogP contribution in [-0.2, 0) is 26.7 Å². The summed E-state index contributed by atoms with van der Waals surface area (Å²) in [4.78, 5) is 30.0. The molecule has 0 fully saturated rings. The molecule has 0 spiro atoms. The molecule has 0 radical (unpaired) electrons. The number of aryl methyl sites for hydroxylation is 2. The average Bonchev–Trinajstić information content (AvgIpc) is 3.02. The number of hydrogen-bond acceptors (Lipinski definition) is 5. The molecule has 3 aromatic rings. The molecular formula is C19H22N6O2. The Kier molecular flexibility index (Phi) is 3.98. The Morgan fingerprint density at radius 3 is 2.48 bits per heavy atom. The lowest BCUT2D eigenvalue weighted by Crippen LogP contribution is -2.39. The van der Waals surface area contributed by atoms with E-state index < -0.39 is 0 Å². The number of imidazole rings is 1. The minimum Gasteiger partial charge on any atom is -0.297 e. The zero-order chi connectivity index (χ0) is 19.3. The zero-order valence-electron chi connectivity index (χ0n) is 15.9. The highest BCUT2D eigenvalue weighted by Gasteiger charge is 2.26. The molecule has 0 atom stereocenters. The lowest BCUT2D eigenvalue weighted by atomic mass is 10.1. The third-order valence-electron chi connectivity index (χ3n) is 4.89. The summed E-state index contributed by atoms with van der Waals surface area (Å²) < 4.78 is 4.54. The second-order valence-electron chi connectivity index (χ2n) is 6.94. The van der Waals surface area contributed by atoms with E-state index in [-0.39, 0.29) is 11.2 Å². The predicted octanol–water partition coefficient (Wildman–Crippen LogP) is 1.62. The van der Waals surface area contributed by atoms with E-state index in [1.807, 2.05) is 18.4 Å². The van der Waals surface area contributed by atoms with Gasteiger partial charge in [-0.15, -0.1) is 0 Å². The van der Waals surface area contributed by atoms with Crippen molar-refractivity contribution in [1.82, 2.24) is 18.7 Å². The number of fused-ring (bicyclic) bond motifs is 3. The highest BCUT2D eigenvalue weighted by molar-refractivity contribution is 5.87. The van der Waals surface area contributed by atoms with Gasteiger partial charge in [-0.05, 0) is 26.3 Å². The molecule has 1 aromatic carbocycles. The van der Waals surface area contributed by atoms with E-state index >= 15 is 0 Å². The first-order valence-electron chi connectivity index (χ1n) is 8.98. The Morgan fingerprint density at radius 1 is 1.11 bits per heavy atom. The molecule has 8 heteroatoms. The molecule has 27 heavy (non-hydrogen) atoms. The minimum atomic E-state index is -0.354. The topological polar surface area (TPSA) is 77.4 Å². The fraction of sp³-hybridized carbons (Fsp3) is 0.368. The van der Waals surface area contributed by atoms with Crippen LogP contribution in [0.15, 0.2) is 39.0 Å². The molecule has 140 valence electrons. The highest BCUT2D eigenvalue weighted by Crippen LogP contribution is 2.25. The van der Waals surface area contributed by atoms with E-state index in [1.165, 1.54) is 14.7 Å². The Labute approximate surface area is 156 Å². The number of nitrogens with zero attached hydrogens (tertiary/aromatic N) is 6. The molecule has 2 aromatic heterocycles. The van der Waals surface area contributed by atoms with E-state index in [4.69, 9.17) is 0 Å². The molecule has 3 heterocycles. The molecule has 0 saturated heterocycles. The van der Waals surface area contributed by atoms with Crippen LogP contribution in [0.3, 0.4) is 0 Å². The summed E-state index contributed by atoms with van der Waals surface area (Å²) in [7, 11) is 1.65. The van der Waals surface area contributed by atoms with Gasteiger partial charge in [0, 0.05) is 13.6 Å². The van der Waals surface area contributed by atoms with Gasteiger partial charge < -0.3 is 0 Å². The normalized spacial score (nSPS) is 13.8. The Balaban J connectivity index is 1.91. The first-order chi connectivity index (χ1) is 12.9. The lowest BCUT2D eigenvalue weighted by molar-refractivity contribution is 0.634. The number of hydrogen-bond donors (Lipinski definition) is 0.